The molecule has 6 nitrogen and oxygen atoms in total. The van der Waals surface area contributed by atoms with Crippen LogP contribution in [-0.2, 0) is 11.2 Å². The number of nitrogens with one attached hydrogen (secondary N) is 2. The summed E-state index contributed by atoms with van der Waals surface area (Å²) in [7, 11) is 0. The van der Waals surface area contributed by atoms with Crippen LogP contribution in [0.5, 0.6) is 0 Å². The highest BCUT2D eigenvalue weighted by atomic mass is 19.4. The molecule has 3 amide bonds. The van der Waals surface area contributed by atoms with Gasteiger partial charge in [0, 0.05) is 19.0 Å². The first-order valence-electron chi connectivity index (χ1n) is 7.19. The standard InChI is InChI=1S/C14H18F3N3O3/c1-9(7-10-3-2-6-23-10)18-13(22)19-11-4-5-20(12(11)21)8-14(15,16)17/h2-3,6,9,11H,4-5,7-8H2,1H3,(H2,18,19,22)/t9-,11-/m1/s1. The third-order valence-electron chi connectivity index (χ3n) is 3.44. The average molecular weight is 333 g/mol. The lowest BCUT2D eigenvalue weighted by molar-refractivity contribution is -0.157. The summed E-state index contributed by atoms with van der Waals surface area (Å²) in [5.41, 5.74) is 0. The first-order chi connectivity index (χ1) is 10.7. The van der Waals surface area contributed by atoms with E-state index in [1.54, 1.807) is 19.1 Å². The summed E-state index contributed by atoms with van der Waals surface area (Å²) in [5, 5.41) is 5.04. The zero-order chi connectivity index (χ0) is 17.0. The van der Waals surface area contributed by atoms with Crippen LogP contribution in [0.25, 0.3) is 0 Å². The van der Waals surface area contributed by atoms with Gasteiger partial charge in [-0.3, -0.25) is 4.79 Å². The number of alkyl halides is 3. The molecule has 0 bridgehead atoms. The van der Waals surface area contributed by atoms with Gasteiger partial charge in [-0.1, -0.05) is 0 Å². The second-order valence-electron chi connectivity index (χ2n) is 5.52. The van der Waals surface area contributed by atoms with Crippen LogP contribution in [0.4, 0.5) is 18.0 Å². The van der Waals surface area contributed by atoms with E-state index in [-0.39, 0.29) is 19.0 Å². The van der Waals surface area contributed by atoms with Crippen LogP contribution in [0, 0.1) is 0 Å². The van der Waals surface area contributed by atoms with Gasteiger partial charge in [-0.25, -0.2) is 4.79 Å². The van der Waals surface area contributed by atoms with E-state index in [2.05, 4.69) is 10.6 Å². The van der Waals surface area contributed by atoms with E-state index in [4.69, 9.17) is 4.42 Å². The van der Waals surface area contributed by atoms with Crippen LogP contribution in [0.3, 0.4) is 0 Å². The normalized spacial score (nSPS) is 19.7. The Kier molecular flexibility index (Phi) is 5.17. The highest BCUT2D eigenvalue weighted by molar-refractivity contribution is 5.88. The topological polar surface area (TPSA) is 74.6 Å². The minimum atomic E-state index is -4.44. The maximum atomic E-state index is 12.3. The van der Waals surface area contributed by atoms with Crippen molar-refractivity contribution in [2.75, 3.05) is 13.1 Å². The maximum absolute atomic E-state index is 12.3. The highest BCUT2D eigenvalue weighted by Crippen LogP contribution is 2.20. The molecule has 1 aromatic heterocycles. The number of carbonyl (C=O) groups is 2. The minimum Gasteiger partial charge on any atom is -0.469 e. The van der Waals surface area contributed by atoms with Gasteiger partial charge >= 0.3 is 12.2 Å². The van der Waals surface area contributed by atoms with Crippen molar-refractivity contribution in [2.24, 2.45) is 0 Å². The van der Waals surface area contributed by atoms with E-state index in [0.717, 1.165) is 0 Å². The van der Waals surface area contributed by atoms with Crippen molar-refractivity contribution in [3.8, 4) is 0 Å². The monoisotopic (exact) mass is 333 g/mol. The van der Waals surface area contributed by atoms with E-state index in [9.17, 15) is 22.8 Å². The first kappa shape index (κ1) is 17.2. The summed E-state index contributed by atoms with van der Waals surface area (Å²) in [4.78, 5) is 24.4. The van der Waals surface area contributed by atoms with E-state index in [1.165, 1.54) is 6.26 Å². The number of nitrogens with zero attached hydrogens (tertiary/aromatic N) is 1. The van der Waals surface area contributed by atoms with Gasteiger partial charge in [0.2, 0.25) is 5.91 Å². The number of likely N-dealkylation sites (tertiary alicyclic amines) is 1. The zero-order valence-corrected chi connectivity index (χ0v) is 12.5. The Morgan fingerprint density at radius 2 is 2.26 bits per heavy atom. The number of hydrogen-bond donors (Lipinski definition) is 2. The molecule has 0 aromatic carbocycles. The smallest absolute Gasteiger partial charge is 0.406 e. The summed E-state index contributed by atoms with van der Waals surface area (Å²) in [6, 6.07) is 1.74. The minimum absolute atomic E-state index is 0.0226. The van der Waals surface area contributed by atoms with Crippen LogP contribution < -0.4 is 10.6 Å². The molecule has 1 aliphatic rings. The molecule has 1 aromatic rings. The summed E-state index contributed by atoms with van der Waals surface area (Å²) in [6.45, 7) is 0.445. The van der Waals surface area contributed by atoms with Crippen LogP contribution in [-0.4, -0.2) is 48.2 Å². The van der Waals surface area contributed by atoms with Crippen LogP contribution in [0.2, 0.25) is 0 Å². The third kappa shape index (κ3) is 5.19. The van der Waals surface area contributed by atoms with Gasteiger partial charge in [-0.15, -0.1) is 0 Å². The van der Waals surface area contributed by atoms with E-state index < -0.39 is 30.7 Å². The Bertz CT molecular complexity index is 545. The molecular weight excluding hydrogens is 315 g/mol. The van der Waals surface area contributed by atoms with Crippen molar-refractivity contribution in [1.82, 2.24) is 15.5 Å². The lowest BCUT2D eigenvalue weighted by Gasteiger charge is -2.19. The van der Waals surface area contributed by atoms with Crippen LogP contribution in [0.15, 0.2) is 22.8 Å². The van der Waals surface area contributed by atoms with Crippen molar-refractivity contribution in [2.45, 2.75) is 38.0 Å². The molecule has 2 atom stereocenters. The van der Waals surface area contributed by atoms with E-state index >= 15 is 0 Å². The molecule has 2 rings (SSSR count). The molecule has 0 radical (unpaired) electrons. The predicted octanol–water partition coefficient (Wildman–Crippen LogP) is 1.67. The fourth-order valence-corrected chi connectivity index (χ4v) is 2.45. The van der Waals surface area contributed by atoms with Crippen molar-refractivity contribution >= 4 is 11.9 Å². The maximum Gasteiger partial charge on any atom is 0.406 e. The van der Waals surface area contributed by atoms with Crippen LogP contribution in [0.1, 0.15) is 19.1 Å². The number of amides is 3. The Hall–Kier alpha value is -2.19. The van der Waals surface area contributed by atoms with Gasteiger partial charge in [0.05, 0.1) is 6.26 Å². The summed E-state index contributed by atoms with van der Waals surface area (Å²) < 4.78 is 42.1. The summed E-state index contributed by atoms with van der Waals surface area (Å²) in [6.07, 6.45) is -2.28. The fourth-order valence-electron chi connectivity index (χ4n) is 2.45. The summed E-state index contributed by atoms with van der Waals surface area (Å²) in [5.74, 6) is -0.0118. The number of halogens is 3. The third-order valence-corrected chi connectivity index (χ3v) is 3.44. The predicted molar refractivity (Wildman–Crippen MR) is 74.6 cm³/mol. The molecule has 23 heavy (non-hydrogen) atoms. The second kappa shape index (κ2) is 6.93. The van der Waals surface area contributed by atoms with Crippen molar-refractivity contribution in [3.63, 3.8) is 0 Å². The van der Waals surface area contributed by atoms with Crippen LogP contribution >= 0.6 is 0 Å². The number of furan rings is 1. The Balaban J connectivity index is 1.78. The average Bonchev–Trinajstić information content (AvgIpc) is 3.02. The molecule has 0 spiro atoms. The van der Waals surface area contributed by atoms with Crippen molar-refractivity contribution in [3.05, 3.63) is 24.2 Å². The second-order valence-corrected chi connectivity index (χ2v) is 5.52. The highest BCUT2D eigenvalue weighted by Gasteiger charge is 2.39. The van der Waals surface area contributed by atoms with Crippen molar-refractivity contribution < 1.29 is 27.2 Å². The lowest BCUT2D eigenvalue weighted by Crippen LogP contribution is -2.49. The summed E-state index contributed by atoms with van der Waals surface area (Å²) >= 11 is 0. The molecule has 2 N–H and O–H groups in total. The Morgan fingerprint density at radius 1 is 1.52 bits per heavy atom. The SMILES string of the molecule is C[C@H](Cc1ccco1)NC(=O)N[C@@H]1CCN(CC(F)(F)F)C1=O. The fraction of sp³-hybridized carbons (Fsp3) is 0.571. The molecule has 1 saturated heterocycles. The molecule has 128 valence electrons. The van der Waals surface area contributed by atoms with Gasteiger partial charge in [-0.2, -0.15) is 13.2 Å². The first-order valence-corrected chi connectivity index (χ1v) is 7.19. The molecule has 9 heteroatoms. The van der Waals surface area contributed by atoms with Crippen molar-refractivity contribution in [1.29, 1.82) is 0 Å². The molecule has 1 aliphatic heterocycles. The van der Waals surface area contributed by atoms with Gasteiger partial charge in [0.15, 0.2) is 0 Å². The molecule has 0 saturated carbocycles. The quantitative estimate of drug-likeness (QED) is 0.861. The van der Waals surface area contributed by atoms with Gasteiger partial charge in [-0.05, 0) is 25.5 Å². The zero-order valence-electron chi connectivity index (χ0n) is 12.5. The molecule has 0 unspecified atom stereocenters. The Labute approximate surface area is 131 Å². The lowest BCUT2D eigenvalue weighted by atomic mass is 10.2. The molecular formula is C14H18F3N3O3. The van der Waals surface area contributed by atoms with Gasteiger partial charge in [0.25, 0.3) is 0 Å². The molecule has 2 heterocycles. The van der Waals surface area contributed by atoms with E-state index in [0.29, 0.717) is 17.1 Å². The van der Waals surface area contributed by atoms with E-state index in [1.807, 2.05) is 0 Å². The van der Waals surface area contributed by atoms with Gasteiger partial charge < -0.3 is 20.0 Å². The number of hydrogen-bond acceptors (Lipinski definition) is 3. The number of carbonyl (C=O) groups excluding carboxylic acids is 2. The molecule has 1 fully saturated rings. The number of rotatable bonds is 5. The Morgan fingerprint density at radius 3 is 2.87 bits per heavy atom. The molecule has 0 aliphatic carbocycles. The largest absolute Gasteiger partial charge is 0.469 e. The number of urea groups is 1. The van der Waals surface area contributed by atoms with Gasteiger partial charge in [0.1, 0.15) is 18.3 Å².